The van der Waals surface area contributed by atoms with Crippen molar-refractivity contribution >= 4 is 55.2 Å². The molecule has 0 aliphatic heterocycles. The zero-order chi connectivity index (χ0) is 26.5. The van der Waals surface area contributed by atoms with E-state index in [1.807, 2.05) is 25.1 Å². The van der Waals surface area contributed by atoms with Gasteiger partial charge >= 0.3 is 0 Å². The molecule has 1 aromatic heterocycles. The normalized spacial score (nSPS) is 14.2. The zero-order valence-electron chi connectivity index (χ0n) is 21.8. The van der Waals surface area contributed by atoms with E-state index < -0.39 is 0 Å². The van der Waals surface area contributed by atoms with Crippen LogP contribution in [0, 0.1) is 13.8 Å². The summed E-state index contributed by atoms with van der Waals surface area (Å²) in [6, 6.07) is 10.5. The summed E-state index contributed by atoms with van der Waals surface area (Å²) in [5, 5.41) is 12.8. The lowest BCUT2D eigenvalue weighted by molar-refractivity contribution is -0.113. The van der Waals surface area contributed by atoms with Gasteiger partial charge in [-0.3, -0.25) is 9.36 Å². The third-order valence-corrected chi connectivity index (χ3v) is 9.13. The first kappa shape index (κ1) is 28.2. The number of hydrogen-bond donors (Lipinski definition) is 1. The number of aryl methyl sites for hydroxylation is 2. The van der Waals surface area contributed by atoms with Crippen molar-refractivity contribution in [3.63, 3.8) is 0 Å². The van der Waals surface area contributed by atoms with E-state index in [0.717, 1.165) is 60.9 Å². The smallest absolute Gasteiger partial charge is 0.234 e. The van der Waals surface area contributed by atoms with E-state index in [0.29, 0.717) is 18.6 Å². The van der Waals surface area contributed by atoms with E-state index in [9.17, 15) is 4.79 Å². The van der Waals surface area contributed by atoms with Crippen LogP contribution in [0.4, 0.5) is 5.69 Å². The van der Waals surface area contributed by atoms with E-state index >= 15 is 0 Å². The molecule has 1 saturated carbocycles. The fourth-order valence-electron chi connectivity index (χ4n) is 4.64. The van der Waals surface area contributed by atoms with Gasteiger partial charge < -0.3 is 10.1 Å². The van der Waals surface area contributed by atoms with Gasteiger partial charge in [0.2, 0.25) is 5.91 Å². The number of halogens is 2. The largest absolute Gasteiger partial charge is 0.485 e. The molecule has 4 rings (SSSR count). The Morgan fingerprint density at radius 1 is 1.11 bits per heavy atom. The summed E-state index contributed by atoms with van der Waals surface area (Å²) in [6.07, 6.45) is 5.83. The lowest BCUT2D eigenvalue weighted by atomic mass is 9.95. The Bertz CT molecular complexity index is 1260. The molecule has 0 unspecified atom stereocenters. The summed E-state index contributed by atoms with van der Waals surface area (Å²) < 4.78 is 10.5. The Hall–Kier alpha value is -1.84. The highest BCUT2D eigenvalue weighted by molar-refractivity contribution is 9.11. The lowest BCUT2D eigenvalue weighted by Gasteiger charge is -2.25. The van der Waals surface area contributed by atoms with Crippen LogP contribution in [-0.2, 0) is 11.4 Å². The standard InChI is InChI=1S/C28H34Br2N4O2S/c1-17(2)21-14-22(29)19(4)13-25(21)36-15-26-32-33-28(34(26)20-8-6-5-7-9-20)37-16-27(35)31-24-11-10-18(3)12-23(24)30/h10-14,17,20H,5-9,15-16H2,1-4H3,(H,31,35). The maximum Gasteiger partial charge on any atom is 0.234 e. The molecule has 6 nitrogen and oxygen atoms in total. The Balaban J connectivity index is 1.50. The molecule has 1 amide bonds. The van der Waals surface area contributed by atoms with Gasteiger partial charge in [0, 0.05) is 15.0 Å². The van der Waals surface area contributed by atoms with Crippen LogP contribution >= 0.6 is 43.6 Å². The van der Waals surface area contributed by atoms with E-state index in [1.54, 1.807) is 0 Å². The number of ether oxygens (including phenoxy) is 1. The molecule has 1 aliphatic rings. The second-order valence-corrected chi connectivity index (χ2v) is 12.6. The highest BCUT2D eigenvalue weighted by atomic mass is 79.9. The SMILES string of the molecule is Cc1ccc(NC(=O)CSc2nnc(COc3cc(C)c(Br)cc3C(C)C)n2C2CCCCC2)c(Br)c1. The molecular formula is C28H34Br2N4O2S. The van der Waals surface area contributed by atoms with Gasteiger partial charge in [-0.25, -0.2) is 0 Å². The monoisotopic (exact) mass is 648 g/mol. The molecule has 0 spiro atoms. The number of hydrogen-bond acceptors (Lipinski definition) is 5. The molecule has 3 aromatic rings. The first-order valence-corrected chi connectivity index (χ1v) is 15.4. The third kappa shape index (κ3) is 7.18. The minimum absolute atomic E-state index is 0.0718. The molecule has 9 heteroatoms. The van der Waals surface area contributed by atoms with Crippen molar-refractivity contribution in [3.05, 3.63) is 61.8 Å². The summed E-state index contributed by atoms with van der Waals surface area (Å²) in [7, 11) is 0. The van der Waals surface area contributed by atoms with Crippen molar-refractivity contribution in [1.29, 1.82) is 0 Å². The zero-order valence-corrected chi connectivity index (χ0v) is 25.8. The molecule has 0 saturated heterocycles. The first-order valence-electron chi connectivity index (χ1n) is 12.8. The second-order valence-electron chi connectivity index (χ2n) is 9.96. The van der Waals surface area contributed by atoms with E-state index in [-0.39, 0.29) is 11.7 Å². The highest BCUT2D eigenvalue weighted by Crippen LogP contribution is 2.35. The van der Waals surface area contributed by atoms with E-state index in [4.69, 9.17) is 4.74 Å². The van der Waals surface area contributed by atoms with Crippen molar-refractivity contribution in [2.75, 3.05) is 11.1 Å². The van der Waals surface area contributed by atoms with Crippen LogP contribution in [0.3, 0.4) is 0 Å². The quantitative estimate of drug-likeness (QED) is 0.236. The van der Waals surface area contributed by atoms with Gasteiger partial charge in [-0.15, -0.1) is 10.2 Å². The highest BCUT2D eigenvalue weighted by Gasteiger charge is 2.24. The molecular weight excluding hydrogens is 616 g/mol. The molecule has 1 N–H and O–H groups in total. The number of rotatable bonds is 9. The number of anilines is 1. The van der Waals surface area contributed by atoms with Crippen LogP contribution in [0.5, 0.6) is 5.75 Å². The maximum absolute atomic E-state index is 12.7. The number of benzene rings is 2. The van der Waals surface area contributed by atoms with Gasteiger partial charge in [0.1, 0.15) is 12.4 Å². The van der Waals surface area contributed by atoms with Gasteiger partial charge in [0.15, 0.2) is 11.0 Å². The van der Waals surface area contributed by atoms with Crippen molar-refractivity contribution in [3.8, 4) is 5.75 Å². The van der Waals surface area contributed by atoms with Gasteiger partial charge in [-0.05, 0) is 89.5 Å². The van der Waals surface area contributed by atoms with Crippen LogP contribution in [0.2, 0.25) is 0 Å². The van der Waals surface area contributed by atoms with Crippen molar-refractivity contribution in [2.24, 2.45) is 0 Å². The maximum atomic E-state index is 12.7. The fourth-order valence-corrected chi connectivity index (χ4v) is 6.41. The van der Waals surface area contributed by atoms with Gasteiger partial charge in [0.05, 0.1) is 11.4 Å². The topological polar surface area (TPSA) is 69.0 Å². The summed E-state index contributed by atoms with van der Waals surface area (Å²) >= 11 is 8.61. The van der Waals surface area contributed by atoms with Gasteiger partial charge in [-0.2, -0.15) is 0 Å². The summed E-state index contributed by atoms with van der Waals surface area (Å²) in [4.78, 5) is 12.7. The average molecular weight is 650 g/mol. The average Bonchev–Trinajstić information content (AvgIpc) is 3.28. The molecule has 0 atom stereocenters. The van der Waals surface area contributed by atoms with Crippen LogP contribution < -0.4 is 10.1 Å². The van der Waals surface area contributed by atoms with Crippen molar-refractivity contribution in [2.45, 2.75) is 83.5 Å². The lowest BCUT2D eigenvalue weighted by Crippen LogP contribution is -2.19. The third-order valence-electron chi connectivity index (χ3n) is 6.68. The molecule has 0 radical (unpaired) electrons. The molecule has 1 aliphatic carbocycles. The molecule has 0 bridgehead atoms. The molecule has 2 aromatic carbocycles. The molecule has 37 heavy (non-hydrogen) atoms. The van der Waals surface area contributed by atoms with Crippen molar-refractivity contribution in [1.82, 2.24) is 14.8 Å². The number of thioether (sulfide) groups is 1. The Morgan fingerprint density at radius 3 is 2.57 bits per heavy atom. The van der Waals surface area contributed by atoms with E-state index in [1.165, 1.54) is 31.0 Å². The Morgan fingerprint density at radius 2 is 1.86 bits per heavy atom. The first-order chi connectivity index (χ1) is 17.7. The Kier molecular flexibility index (Phi) is 9.75. The van der Waals surface area contributed by atoms with Crippen LogP contribution in [-0.4, -0.2) is 26.4 Å². The summed E-state index contributed by atoms with van der Waals surface area (Å²) in [6.45, 7) is 8.77. The number of amides is 1. The van der Waals surface area contributed by atoms with Crippen LogP contribution in [0.15, 0.2) is 44.4 Å². The van der Waals surface area contributed by atoms with Crippen LogP contribution in [0.1, 0.15) is 80.4 Å². The number of carbonyl (C=O) groups is 1. The molecule has 1 heterocycles. The number of nitrogens with one attached hydrogen (secondary N) is 1. The Labute approximate surface area is 240 Å². The van der Waals surface area contributed by atoms with Crippen LogP contribution in [0.25, 0.3) is 0 Å². The minimum atomic E-state index is -0.0718. The molecule has 1 fully saturated rings. The summed E-state index contributed by atoms with van der Waals surface area (Å²) in [5.74, 6) is 2.21. The van der Waals surface area contributed by atoms with Gasteiger partial charge in [0.25, 0.3) is 0 Å². The van der Waals surface area contributed by atoms with Crippen molar-refractivity contribution < 1.29 is 9.53 Å². The number of carbonyl (C=O) groups excluding carboxylic acids is 1. The summed E-state index contributed by atoms with van der Waals surface area (Å²) in [5.41, 5.74) is 4.20. The van der Waals surface area contributed by atoms with Gasteiger partial charge in [-0.1, -0.05) is 66.9 Å². The number of nitrogens with zero attached hydrogens (tertiary/aromatic N) is 3. The second kappa shape index (κ2) is 12.8. The minimum Gasteiger partial charge on any atom is -0.485 e. The predicted octanol–water partition coefficient (Wildman–Crippen LogP) is 8.36. The van der Waals surface area contributed by atoms with E-state index in [2.05, 4.69) is 84.8 Å². The number of aromatic nitrogens is 3. The predicted molar refractivity (Wildman–Crippen MR) is 158 cm³/mol. The fraction of sp³-hybridized carbons (Fsp3) is 0.464. The molecule has 198 valence electrons.